The molecule has 30 heavy (non-hydrogen) atoms. The Hall–Kier alpha value is -3.08. The van der Waals surface area contributed by atoms with Gasteiger partial charge >= 0.3 is 0 Å². The number of carbonyl (C=O) groups excluding carboxylic acids is 1. The lowest BCUT2D eigenvalue weighted by Gasteiger charge is -2.21. The molecule has 0 spiro atoms. The number of aryl methyl sites for hydroxylation is 1. The minimum Gasteiger partial charge on any atom is -0.497 e. The molecule has 0 fully saturated rings. The van der Waals surface area contributed by atoms with E-state index in [-0.39, 0.29) is 5.91 Å². The lowest BCUT2D eigenvalue weighted by atomic mass is 9.87. The van der Waals surface area contributed by atoms with Crippen molar-refractivity contribution in [3.05, 3.63) is 59.2 Å². The second-order valence-corrected chi connectivity index (χ2v) is 7.82. The van der Waals surface area contributed by atoms with Crippen molar-refractivity contribution in [2.75, 3.05) is 20.2 Å². The monoisotopic (exact) mass is 403 g/mol. The number of aromatic amines is 1. The molecule has 5 heteroatoms. The van der Waals surface area contributed by atoms with Gasteiger partial charge in [-0.15, -0.1) is 0 Å². The lowest BCUT2D eigenvalue weighted by Crippen LogP contribution is -2.32. The van der Waals surface area contributed by atoms with Crippen LogP contribution in [0.3, 0.4) is 0 Å². The molecule has 2 aromatic carbocycles. The van der Waals surface area contributed by atoms with Crippen LogP contribution in [0.4, 0.5) is 0 Å². The lowest BCUT2D eigenvalue weighted by molar-refractivity contribution is 0.0755. The van der Waals surface area contributed by atoms with Gasteiger partial charge in [-0.2, -0.15) is 5.10 Å². The summed E-state index contributed by atoms with van der Waals surface area (Å²) in [5.74, 6) is 0.995. The van der Waals surface area contributed by atoms with Crippen molar-refractivity contribution in [3.63, 3.8) is 0 Å². The predicted molar refractivity (Wildman–Crippen MR) is 120 cm³/mol. The molecule has 1 aliphatic carbocycles. The van der Waals surface area contributed by atoms with Gasteiger partial charge in [0.2, 0.25) is 0 Å². The summed E-state index contributed by atoms with van der Waals surface area (Å²) in [5, 5.41) is 7.87. The molecule has 1 aromatic heterocycles. The summed E-state index contributed by atoms with van der Waals surface area (Å²) in [7, 11) is 1.70. The molecule has 1 heterocycles. The summed E-state index contributed by atoms with van der Waals surface area (Å²) in [6.07, 6.45) is 3.83. The molecular formula is C25H29N3O2. The molecule has 0 saturated carbocycles. The summed E-state index contributed by atoms with van der Waals surface area (Å²) in [6.45, 7) is 5.80. The first-order valence-electron chi connectivity index (χ1n) is 10.8. The minimum absolute atomic E-state index is 0.109. The van der Waals surface area contributed by atoms with Gasteiger partial charge < -0.3 is 9.64 Å². The van der Waals surface area contributed by atoms with Crippen LogP contribution in [0.15, 0.2) is 42.5 Å². The van der Waals surface area contributed by atoms with Gasteiger partial charge in [-0.1, -0.05) is 26.0 Å². The van der Waals surface area contributed by atoms with Crippen LogP contribution in [-0.4, -0.2) is 41.2 Å². The van der Waals surface area contributed by atoms with E-state index in [4.69, 9.17) is 4.74 Å². The highest BCUT2D eigenvalue weighted by atomic mass is 16.5. The third kappa shape index (κ3) is 3.72. The molecule has 4 rings (SSSR count). The summed E-state index contributed by atoms with van der Waals surface area (Å²) >= 11 is 0. The molecule has 1 aliphatic rings. The number of hydrogen-bond donors (Lipinski definition) is 1. The van der Waals surface area contributed by atoms with Crippen molar-refractivity contribution in [2.45, 2.75) is 39.5 Å². The first-order valence-corrected chi connectivity index (χ1v) is 10.8. The zero-order chi connectivity index (χ0) is 21.1. The highest BCUT2D eigenvalue weighted by Crippen LogP contribution is 2.38. The summed E-state index contributed by atoms with van der Waals surface area (Å²) in [4.78, 5) is 14.8. The zero-order valence-electron chi connectivity index (χ0n) is 18.0. The van der Waals surface area contributed by atoms with Crippen LogP contribution < -0.4 is 4.74 Å². The van der Waals surface area contributed by atoms with Crippen LogP contribution in [0.25, 0.3) is 22.5 Å². The maximum Gasteiger partial charge on any atom is 0.253 e. The average Bonchev–Trinajstić information content (AvgIpc) is 3.22. The van der Waals surface area contributed by atoms with Crippen molar-refractivity contribution in [2.24, 2.45) is 0 Å². The Kier molecular flexibility index (Phi) is 5.88. The SMILES string of the molecule is CCCN(CCC)C(=O)c1ccc(-c2n[nH]c3c2CCc2cc(OC)ccc2-3)cc1. The number of amides is 1. The van der Waals surface area contributed by atoms with Crippen LogP contribution >= 0.6 is 0 Å². The number of H-pyrrole nitrogens is 1. The maximum atomic E-state index is 12.8. The van der Waals surface area contributed by atoms with Gasteiger partial charge in [0.25, 0.3) is 5.91 Å². The number of aromatic nitrogens is 2. The normalized spacial score (nSPS) is 12.2. The molecule has 0 saturated heterocycles. The van der Waals surface area contributed by atoms with E-state index < -0.39 is 0 Å². The average molecular weight is 404 g/mol. The molecule has 0 unspecified atom stereocenters. The van der Waals surface area contributed by atoms with Crippen LogP contribution in [0.5, 0.6) is 5.75 Å². The number of nitrogens with one attached hydrogen (secondary N) is 1. The third-order valence-electron chi connectivity index (χ3n) is 5.77. The molecular weight excluding hydrogens is 374 g/mol. The van der Waals surface area contributed by atoms with E-state index in [1.54, 1.807) is 7.11 Å². The van der Waals surface area contributed by atoms with Crippen molar-refractivity contribution in [3.8, 4) is 28.3 Å². The van der Waals surface area contributed by atoms with Gasteiger partial charge in [-0.05, 0) is 61.6 Å². The second-order valence-electron chi connectivity index (χ2n) is 7.82. The smallest absolute Gasteiger partial charge is 0.253 e. The standard InChI is InChI=1S/C25H29N3O2/c1-4-14-28(15-5-2)25(29)18-8-6-17(7-9-18)23-22-12-10-19-16-20(30-3)11-13-21(19)24(22)27-26-23/h6-9,11,13,16H,4-5,10,12,14-15H2,1-3H3,(H,26,27). The Bertz CT molecular complexity index is 1030. The van der Waals surface area contributed by atoms with Gasteiger partial charge in [0.1, 0.15) is 5.75 Å². The van der Waals surface area contributed by atoms with Crippen LogP contribution in [0.2, 0.25) is 0 Å². The molecule has 3 aromatic rings. The van der Waals surface area contributed by atoms with E-state index in [0.29, 0.717) is 0 Å². The van der Waals surface area contributed by atoms with E-state index >= 15 is 0 Å². The zero-order valence-corrected chi connectivity index (χ0v) is 18.0. The van der Waals surface area contributed by atoms with Crippen molar-refractivity contribution in [1.82, 2.24) is 15.1 Å². The Morgan fingerprint density at radius 2 is 1.80 bits per heavy atom. The highest BCUT2D eigenvalue weighted by molar-refractivity contribution is 5.94. The van der Waals surface area contributed by atoms with E-state index in [0.717, 1.165) is 67.0 Å². The van der Waals surface area contributed by atoms with E-state index in [1.807, 2.05) is 35.2 Å². The first kappa shape index (κ1) is 20.2. The predicted octanol–water partition coefficient (Wildman–Crippen LogP) is 5.11. The molecule has 0 radical (unpaired) electrons. The van der Waals surface area contributed by atoms with Crippen LogP contribution in [0, 0.1) is 0 Å². The number of methoxy groups -OCH3 is 1. The van der Waals surface area contributed by atoms with Gasteiger partial charge in [0.15, 0.2) is 0 Å². The number of nitrogens with zero attached hydrogens (tertiary/aromatic N) is 2. The molecule has 1 N–H and O–H groups in total. The minimum atomic E-state index is 0.109. The number of benzene rings is 2. The Balaban J connectivity index is 1.61. The van der Waals surface area contributed by atoms with Crippen molar-refractivity contribution in [1.29, 1.82) is 0 Å². The summed E-state index contributed by atoms with van der Waals surface area (Å²) in [5.41, 5.74) is 7.56. The molecule has 1 amide bonds. The van der Waals surface area contributed by atoms with Gasteiger partial charge in [0, 0.05) is 35.3 Å². The molecule has 5 nitrogen and oxygen atoms in total. The second kappa shape index (κ2) is 8.74. The van der Waals surface area contributed by atoms with Crippen molar-refractivity contribution < 1.29 is 9.53 Å². The quantitative estimate of drug-likeness (QED) is 0.596. The Morgan fingerprint density at radius 3 is 2.47 bits per heavy atom. The summed E-state index contributed by atoms with van der Waals surface area (Å²) < 4.78 is 5.36. The topological polar surface area (TPSA) is 58.2 Å². The van der Waals surface area contributed by atoms with Crippen LogP contribution in [-0.2, 0) is 12.8 Å². The summed E-state index contributed by atoms with van der Waals surface area (Å²) in [6, 6.07) is 14.1. The van der Waals surface area contributed by atoms with Crippen LogP contribution in [0.1, 0.15) is 48.2 Å². The largest absolute Gasteiger partial charge is 0.497 e. The van der Waals surface area contributed by atoms with Gasteiger partial charge in [-0.3, -0.25) is 9.89 Å². The fourth-order valence-electron chi connectivity index (χ4n) is 4.29. The maximum absolute atomic E-state index is 12.8. The van der Waals surface area contributed by atoms with Crippen molar-refractivity contribution >= 4 is 5.91 Å². The molecule has 0 bridgehead atoms. The van der Waals surface area contributed by atoms with E-state index in [2.05, 4.69) is 36.2 Å². The highest BCUT2D eigenvalue weighted by Gasteiger charge is 2.23. The molecule has 0 atom stereocenters. The fraction of sp³-hybridized carbons (Fsp3) is 0.360. The number of fused-ring (bicyclic) bond motifs is 3. The molecule has 156 valence electrons. The number of hydrogen-bond acceptors (Lipinski definition) is 3. The van der Waals surface area contributed by atoms with Gasteiger partial charge in [-0.25, -0.2) is 0 Å². The third-order valence-corrected chi connectivity index (χ3v) is 5.77. The number of ether oxygens (including phenoxy) is 1. The number of rotatable bonds is 7. The Morgan fingerprint density at radius 1 is 1.07 bits per heavy atom. The van der Waals surface area contributed by atoms with E-state index in [9.17, 15) is 4.79 Å². The Labute approximate surface area is 178 Å². The fourth-order valence-corrected chi connectivity index (χ4v) is 4.29. The van der Waals surface area contributed by atoms with E-state index in [1.165, 1.54) is 16.7 Å². The number of carbonyl (C=O) groups is 1. The van der Waals surface area contributed by atoms with Gasteiger partial charge in [0.05, 0.1) is 18.5 Å². The first-order chi connectivity index (χ1) is 14.7. The molecule has 0 aliphatic heterocycles.